The molecule has 11 heavy (non-hydrogen) atoms. The molecule has 1 nitrogen and oxygen atoms in total. The molecule has 1 fully saturated rings. The molecule has 0 bridgehead atoms. The maximum atomic E-state index is 2.59. The normalized spacial score (nSPS) is 33.9. The van der Waals surface area contributed by atoms with Crippen molar-refractivity contribution in [3.63, 3.8) is 0 Å². The minimum atomic E-state index is 0.709. The Balaban J connectivity index is 2.47. The van der Waals surface area contributed by atoms with Crippen molar-refractivity contribution in [3.05, 3.63) is 0 Å². The van der Waals surface area contributed by atoms with E-state index in [0.29, 0.717) is 6.04 Å². The van der Waals surface area contributed by atoms with Crippen molar-refractivity contribution in [2.45, 2.75) is 51.9 Å². The van der Waals surface area contributed by atoms with Crippen molar-refractivity contribution < 1.29 is 0 Å². The van der Waals surface area contributed by atoms with Crippen molar-refractivity contribution in [1.82, 2.24) is 4.90 Å². The van der Waals surface area contributed by atoms with Crippen LogP contribution in [-0.4, -0.2) is 30.8 Å². The smallest absolute Gasteiger partial charge is 0.116 e. The molecule has 0 aromatic carbocycles. The molecule has 0 spiro atoms. The Morgan fingerprint density at radius 2 is 2.00 bits per heavy atom. The Hall–Kier alpha value is 0.0249. The average Bonchev–Trinajstić information content (AvgIpc) is 1.94. The van der Waals surface area contributed by atoms with Crippen molar-refractivity contribution in [2.75, 3.05) is 6.54 Å². The summed E-state index contributed by atoms with van der Waals surface area (Å²) in [5.41, 5.74) is 0. The Kier molecular flexibility index (Phi) is 3.00. The van der Waals surface area contributed by atoms with Gasteiger partial charge in [-0.2, -0.15) is 0 Å². The third-order valence-corrected chi connectivity index (χ3v) is 2.61. The van der Waals surface area contributed by atoms with Crippen LogP contribution in [0.3, 0.4) is 0 Å². The molecule has 0 aromatic rings. The second kappa shape index (κ2) is 3.62. The summed E-state index contributed by atoms with van der Waals surface area (Å²) in [5.74, 6) is 0.786. The van der Waals surface area contributed by atoms with E-state index in [2.05, 4.69) is 39.9 Å². The third-order valence-electron chi connectivity index (χ3n) is 2.61. The summed E-state index contributed by atoms with van der Waals surface area (Å²) in [5, 5.41) is 0. The van der Waals surface area contributed by atoms with Crippen LogP contribution < -0.4 is 0 Å². The van der Waals surface area contributed by atoms with Crippen LogP contribution in [0.1, 0.15) is 27.7 Å². The molecule has 0 amide bonds. The Morgan fingerprint density at radius 1 is 1.36 bits per heavy atom. The first-order valence-electron chi connectivity index (χ1n) is 4.70. The van der Waals surface area contributed by atoms with E-state index in [1.54, 1.807) is 0 Å². The van der Waals surface area contributed by atoms with Crippen molar-refractivity contribution in [1.29, 1.82) is 0 Å². The van der Waals surface area contributed by atoms with Gasteiger partial charge in [-0.3, -0.25) is 4.90 Å². The lowest BCUT2D eigenvalue weighted by atomic mass is 9.58. The molecule has 2 atom stereocenters. The maximum absolute atomic E-state index is 2.59. The van der Waals surface area contributed by atoms with Crippen LogP contribution >= 0.6 is 0 Å². The van der Waals surface area contributed by atoms with Gasteiger partial charge in [-0.1, -0.05) is 26.0 Å². The largest absolute Gasteiger partial charge is 0.299 e. The zero-order valence-corrected chi connectivity index (χ0v) is 8.17. The van der Waals surface area contributed by atoms with Gasteiger partial charge in [0, 0.05) is 6.04 Å². The number of nitrogens with zero attached hydrogens (tertiary/aromatic N) is 1. The van der Waals surface area contributed by atoms with Gasteiger partial charge in [0.25, 0.3) is 0 Å². The molecule has 1 heterocycles. The summed E-state index contributed by atoms with van der Waals surface area (Å²) in [6.45, 7) is 10.4. The fourth-order valence-electron chi connectivity index (χ4n) is 1.87. The molecule has 63 valence electrons. The van der Waals surface area contributed by atoms with Gasteiger partial charge < -0.3 is 0 Å². The van der Waals surface area contributed by atoms with Crippen LogP contribution in [-0.2, 0) is 0 Å². The third kappa shape index (κ3) is 2.23. The summed E-state index contributed by atoms with van der Waals surface area (Å²) >= 11 is 0. The molecule has 0 N–H and O–H groups in total. The van der Waals surface area contributed by atoms with E-state index in [1.807, 2.05) is 0 Å². The van der Waals surface area contributed by atoms with Crippen LogP contribution in [0.25, 0.3) is 0 Å². The molecule has 0 aliphatic carbocycles. The van der Waals surface area contributed by atoms with Crippen LogP contribution in [0.5, 0.6) is 0 Å². The molecule has 1 saturated heterocycles. The topological polar surface area (TPSA) is 3.24 Å². The highest BCUT2D eigenvalue weighted by Gasteiger charge is 2.24. The maximum Gasteiger partial charge on any atom is 0.116 e. The first kappa shape index (κ1) is 9.12. The lowest BCUT2D eigenvalue weighted by Gasteiger charge is -2.39. The van der Waals surface area contributed by atoms with E-state index < -0.39 is 0 Å². The SMILES string of the molecule is CC1[B]CC(C)N(C(C)C)C1. The zero-order chi connectivity index (χ0) is 8.43. The van der Waals surface area contributed by atoms with Gasteiger partial charge in [-0.05, 0) is 26.4 Å². The lowest BCUT2D eigenvalue weighted by Crippen LogP contribution is -2.45. The Bertz CT molecular complexity index is 125. The monoisotopic (exact) mass is 152 g/mol. The molecular formula is C9H19BN. The molecular weight excluding hydrogens is 133 g/mol. The minimum absolute atomic E-state index is 0.709. The van der Waals surface area contributed by atoms with Gasteiger partial charge in [0.15, 0.2) is 0 Å². The van der Waals surface area contributed by atoms with E-state index in [0.717, 1.165) is 11.9 Å². The Labute approximate surface area is 71.4 Å². The predicted octanol–water partition coefficient (Wildman–Crippen LogP) is 2.03. The Morgan fingerprint density at radius 3 is 2.45 bits per heavy atom. The van der Waals surface area contributed by atoms with Gasteiger partial charge in [0.05, 0.1) is 0 Å². The van der Waals surface area contributed by atoms with Crippen LogP contribution in [0.2, 0.25) is 12.1 Å². The molecule has 2 heteroatoms. The number of hydrogen-bond acceptors (Lipinski definition) is 1. The van der Waals surface area contributed by atoms with E-state index in [9.17, 15) is 0 Å². The van der Waals surface area contributed by atoms with E-state index in [1.165, 1.54) is 12.9 Å². The van der Waals surface area contributed by atoms with Crippen LogP contribution in [0, 0.1) is 0 Å². The second-order valence-corrected chi connectivity index (χ2v) is 4.09. The van der Waals surface area contributed by atoms with E-state index in [4.69, 9.17) is 0 Å². The molecule has 1 radical (unpaired) electrons. The highest BCUT2D eigenvalue weighted by molar-refractivity contribution is 6.38. The zero-order valence-electron chi connectivity index (χ0n) is 8.17. The molecule has 1 rings (SSSR count). The minimum Gasteiger partial charge on any atom is -0.299 e. The summed E-state index contributed by atoms with van der Waals surface area (Å²) in [6.07, 6.45) is 1.26. The van der Waals surface area contributed by atoms with Gasteiger partial charge in [-0.15, -0.1) is 0 Å². The van der Waals surface area contributed by atoms with Crippen molar-refractivity contribution in [3.8, 4) is 0 Å². The summed E-state index contributed by atoms with van der Waals surface area (Å²) in [4.78, 5) is 2.59. The average molecular weight is 152 g/mol. The van der Waals surface area contributed by atoms with Crippen LogP contribution in [0.15, 0.2) is 0 Å². The summed E-state index contributed by atoms with van der Waals surface area (Å²) < 4.78 is 0. The van der Waals surface area contributed by atoms with Gasteiger partial charge >= 0.3 is 0 Å². The molecule has 1 aliphatic rings. The quantitative estimate of drug-likeness (QED) is 0.519. The van der Waals surface area contributed by atoms with Gasteiger partial charge in [0.2, 0.25) is 0 Å². The lowest BCUT2D eigenvalue weighted by molar-refractivity contribution is 0.165. The first-order valence-corrected chi connectivity index (χ1v) is 4.70. The number of rotatable bonds is 1. The highest BCUT2D eigenvalue weighted by Crippen LogP contribution is 2.21. The van der Waals surface area contributed by atoms with E-state index >= 15 is 0 Å². The van der Waals surface area contributed by atoms with Gasteiger partial charge in [0.1, 0.15) is 7.28 Å². The van der Waals surface area contributed by atoms with Crippen molar-refractivity contribution in [2.24, 2.45) is 0 Å². The summed E-state index contributed by atoms with van der Waals surface area (Å²) in [7, 11) is 2.45. The van der Waals surface area contributed by atoms with Crippen molar-refractivity contribution >= 4 is 7.28 Å². The highest BCUT2D eigenvalue weighted by atomic mass is 15.2. The van der Waals surface area contributed by atoms with Gasteiger partial charge in [-0.25, -0.2) is 0 Å². The summed E-state index contributed by atoms with van der Waals surface area (Å²) in [6, 6.07) is 1.47. The molecule has 2 unspecified atom stereocenters. The predicted molar refractivity (Wildman–Crippen MR) is 51.3 cm³/mol. The fourth-order valence-corrected chi connectivity index (χ4v) is 1.87. The molecule has 1 aliphatic heterocycles. The molecule has 0 aromatic heterocycles. The van der Waals surface area contributed by atoms with Crippen LogP contribution in [0.4, 0.5) is 0 Å². The number of hydrogen-bond donors (Lipinski definition) is 0. The fraction of sp³-hybridized carbons (Fsp3) is 1.00. The first-order chi connectivity index (χ1) is 5.11. The molecule has 0 saturated carbocycles. The standard InChI is InChI=1S/C9H19BN/c1-7(2)11-6-8(3)10-5-9(11)4/h7-9H,5-6H2,1-4H3. The van der Waals surface area contributed by atoms with E-state index in [-0.39, 0.29) is 0 Å². The second-order valence-electron chi connectivity index (χ2n) is 4.09.